The van der Waals surface area contributed by atoms with Gasteiger partial charge in [-0.2, -0.15) is 0 Å². The lowest BCUT2D eigenvalue weighted by Gasteiger charge is -2.18. The van der Waals surface area contributed by atoms with Crippen molar-refractivity contribution in [2.45, 2.75) is 0 Å². The normalized spacial score (nSPS) is 12.1. The topological polar surface area (TPSA) is 48.0 Å². The van der Waals surface area contributed by atoms with E-state index in [9.17, 15) is 4.79 Å². The van der Waals surface area contributed by atoms with E-state index in [4.69, 9.17) is 14.2 Å². The molecule has 0 radical (unpaired) electrons. The predicted molar refractivity (Wildman–Crippen MR) is 78.3 cm³/mol. The van der Waals surface area contributed by atoms with Crippen molar-refractivity contribution in [2.24, 2.45) is 0 Å². The number of benzene rings is 2. The summed E-state index contributed by atoms with van der Waals surface area (Å²) in [5, 5.41) is 0. The van der Waals surface area contributed by atoms with E-state index in [0.717, 1.165) is 11.4 Å². The Kier molecular flexibility index (Phi) is 3.39. The molecule has 0 spiro atoms. The summed E-state index contributed by atoms with van der Waals surface area (Å²) in [4.78, 5) is 14.0. The first-order valence-electron chi connectivity index (χ1n) is 6.51. The number of amides is 1. The number of rotatable bonds is 3. The number of fused-ring (bicyclic) bond motifs is 1. The lowest BCUT2D eigenvalue weighted by molar-refractivity contribution is 0.0993. The quantitative estimate of drug-likeness (QED) is 0.870. The highest BCUT2D eigenvalue weighted by atomic mass is 16.7. The van der Waals surface area contributed by atoms with E-state index >= 15 is 0 Å². The van der Waals surface area contributed by atoms with Gasteiger partial charge in [0.1, 0.15) is 5.75 Å². The first kappa shape index (κ1) is 13.3. The van der Waals surface area contributed by atoms with Gasteiger partial charge in [0.2, 0.25) is 6.79 Å². The van der Waals surface area contributed by atoms with Gasteiger partial charge in [0, 0.05) is 24.4 Å². The molecule has 0 aromatic heterocycles. The summed E-state index contributed by atoms with van der Waals surface area (Å²) in [6.07, 6.45) is 0. The zero-order chi connectivity index (χ0) is 14.8. The lowest BCUT2D eigenvalue weighted by atomic mass is 10.1. The minimum atomic E-state index is -0.100. The van der Waals surface area contributed by atoms with E-state index in [1.165, 1.54) is 0 Å². The third kappa shape index (κ3) is 2.50. The number of ether oxygens (including phenoxy) is 3. The molecule has 1 aliphatic rings. The molecule has 2 aromatic carbocycles. The van der Waals surface area contributed by atoms with Crippen LogP contribution in [0.3, 0.4) is 0 Å². The number of methoxy groups -OCH3 is 1. The summed E-state index contributed by atoms with van der Waals surface area (Å²) in [5.74, 6) is 1.97. The average molecular weight is 285 g/mol. The minimum Gasteiger partial charge on any atom is -0.497 e. The van der Waals surface area contributed by atoms with Crippen LogP contribution in [0.1, 0.15) is 10.4 Å². The zero-order valence-corrected chi connectivity index (χ0v) is 11.8. The summed E-state index contributed by atoms with van der Waals surface area (Å²) in [5.41, 5.74) is 1.34. The second kappa shape index (κ2) is 5.36. The van der Waals surface area contributed by atoms with Crippen LogP contribution in [-0.2, 0) is 0 Å². The van der Waals surface area contributed by atoms with E-state index in [1.54, 1.807) is 55.5 Å². The van der Waals surface area contributed by atoms with Gasteiger partial charge < -0.3 is 19.1 Å². The van der Waals surface area contributed by atoms with Crippen molar-refractivity contribution in [1.29, 1.82) is 0 Å². The van der Waals surface area contributed by atoms with Crippen molar-refractivity contribution in [3.63, 3.8) is 0 Å². The Hall–Kier alpha value is -2.69. The van der Waals surface area contributed by atoms with Gasteiger partial charge in [0.15, 0.2) is 11.5 Å². The molecule has 0 fully saturated rings. The molecule has 0 saturated carbocycles. The van der Waals surface area contributed by atoms with Gasteiger partial charge >= 0.3 is 0 Å². The minimum absolute atomic E-state index is 0.100. The first-order chi connectivity index (χ1) is 10.2. The van der Waals surface area contributed by atoms with Crippen molar-refractivity contribution in [1.82, 2.24) is 0 Å². The van der Waals surface area contributed by atoms with Gasteiger partial charge in [-0.1, -0.05) is 0 Å². The third-order valence-electron chi connectivity index (χ3n) is 3.39. The van der Waals surface area contributed by atoms with Gasteiger partial charge in [0.05, 0.1) is 7.11 Å². The highest BCUT2D eigenvalue weighted by Crippen LogP contribution is 2.35. The molecule has 0 atom stereocenters. The maximum Gasteiger partial charge on any atom is 0.258 e. The van der Waals surface area contributed by atoms with Crippen LogP contribution in [0, 0.1) is 0 Å². The van der Waals surface area contributed by atoms with Crippen LogP contribution in [0.15, 0.2) is 42.5 Å². The van der Waals surface area contributed by atoms with Crippen molar-refractivity contribution < 1.29 is 19.0 Å². The highest BCUT2D eigenvalue weighted by Gasteiger charge is 2.18. The van der Waals surface area contributed by atoms with Crippen LogP contribution in [0.25, 0.3) is 0 Å². The van der Waals surface area contributed by atoms with Crippen LogP contribution < -0.4 is 19.1 Å². The monoisotopic (exact) mass is 285 g/mol. The molecule has 1 aliphatic heterocycles. The van der Waals surface area contributed by atoms with Crippen LogP contribution in [0.4, 0.5) is 5.69 Å². The molecule has 21 heavy (non-hydrogen) atoms. The van der Waals surface area contributed by atoms with Gasteiger partial charge in [-0.05, 0) is 36.4 Å². The fourth-order valence-corrected chi connectivity index (χ4v) is 2.14. The average Bonchev–Trinajstić information content (AvgIpc) is 3.01. The molecule has 3 rings (SSSR count). The van der Waals surface area contributed by atoms with Crippen LogP contribution in [-0.4, -0.2) is 26.9 Å². The first-order valence-corrected chi connectivity index (χ1v) is 6.51. The molecule has 5 nitrogen and oxygen atoms in total. The van der Waals surface area contributed by atoms with E-state index in [-0.39, 0.29) is 12.7 Å². The molecular weight excluding hydrogens is 270 g/mol. The second-order valence-electron chi connectivity index (χ2n) is 4.63. The summed E-state index contributed by atoms with van der Waals surface area (Å²) in [6.45, 7) is 0.217. The molecule has 0 bridgehead atoms. The Labute approximate surface area is 122 Å². The summed E-state index contributed by atoms with van der Waals surface area (Å²) in [7, 11) is 3.32. The Bertz CT molecular complexity index is 666. The number of nitrogens with zero attached hydrogens (tertiary/aromatic N) is 1. The summed E-state index contributed by atoms with van der Waals surface area (Å²) in [6, 6.07) is 12.4. The number of anilines is 1. The van der Waals surface area contributed by atoms with Gasteiger partial charge in [-0.3, -0.25) is 4.79 Å². The van der Waals surface area contributed by atoms with E-state index in [0.29, 0.717) is 17.1 Å². The largest absolute Gasteiger partial charge is 0.497 e. The molecule has 5 heteroatoms. The molecule has 2 aromatic rings. The van der Waals surface area contributed by atoms with Gasteiger partial charge in [-0.25, -0.2) is 0 Å². The number of carbonyl (C=O) groups excluding carboxylic acids is 1. The Morgan fingerprint density at radius 1 is 1.10 bits per heavy atom. The number of carbonyl (C=O) groups is 1. The fourth-order valence-electron chi connectivity index (χ4n) is 2.14. The maximum absolute atomic E-state index is 12.5. The smallest absolute Gasteiger partial charge is 0.258 e. The molecule has 0 aliphatic carbocycles. The Morgan fingerprint density at radius 2 is 1.81 bits per heavy atom. The maximum atomic E-state index is 12.5. The molecular formula is C16H15NO4. The molecule has 1 heterocycles. The van der Waals surface area contributed by atoms with E-state index < -0.39 is 0 Å². The standard InChI is InChI=1S/C16H15NO4/c1-17(12-5-8-14-15(9-12)21-10-20-14)16(18)11-3-6-13(19-2)7-4-11/h3-9H,10H2,1-2H3. The van der Waals surface area contributed by atoms with Crippen LogP contribution >= 0.6 is 0 Å². The van der Waals surface area contributed by atoms with Crippen molar-refractivity contribution >= 4 is 11.6 Å². The van der Waals surface area contributed by atoms with Crippen molar-refractivity contribution in [2.75, 3.05) is 25.9 Å². The molecule has 1 amide bonds. The van der Waals surface area contributed by atoms with E-state index in [2.05, 4.69) is 0 Å². The van der Waals surface area contributed by atoms with E-state index in [1.807, 2.05) is 6.07 Å². The summed E-state index contributed by atoms with van der Waals surface area (Å²) < 4.78 is 15.7. The number of hydrogen-bond donors (Lipinski definition) is 0. The zero-order valence-electron chi connectivity index (χ0n) is 11.8. The molecule has 0 unspecified atom stereocenters. The fraction of sp³-hybridized carbons (Fsp3) is 0.188. The van der Waals surface area contributed by atoms with Gasteiger partial charge in [-0.15, -0.1) is 0 Å². The lowest BCUT2D eigenvalue weighted by Crippen LogP contribution is -2.26. The van der Waals surface area contributed by atoms with Crippen LogP contribution in [0.2, 0.25) is 0 Å². The van der Waals surface area contributed by atoms with Crippen molar-refractivity contribution in [3.8, 4) is 17.2 Å². The third-order valence-corrected chi connectivity index (χ3v) is 3.39. The SMILES string of the molecule is COc1ccc(C(=O)N(C)c2ccc3c(c2)OCO3)cc1. The second-order valence-corrected chi connectivity index (χ2v) is 4.63. The van der Waals surface area contributed by atoms with Crippen LogP contribution in [0.5, 0.6) is 17.2 Å². The molecule has 108 valence electrons. The summed E-state index contributed by atoms with van der Waals surface area (Å²) >= 11 is 0. The Morgan fingerprint density at radius 3 is 2.52 bits per heavy atom. The predicted octanol–water partition coefficient (Wildman–Crippen LogP) is 2.70. The van der Waals surface area contributed by atoms with Crippen molar-refractivity contribution in [3.05, 3.63) is 48.0 Å². The van der Waals surface area contributed by atoms with Gasteiger partial charge in [0.25, 0.3) is 5.91 Å². The number of hydrogen-bond acceptors (Lipinski definition) is 4. The highest BCUT2D eigenvalue weighted by molar-refractivity contribution is 6.05. The Balaban J connectivity index is 1.83. The molecule has 0 N–H and O–H groups in total. The molecule has 0 saturated heterocycles.